The number of hydrogen-bond donors (Lipinski definition) is 12. The summed E-state index contributed by atoms with van der Waals surface area (Å²) in [6.45, 7) is 17.1. The average Bonchev–Trinajstić information content (AvgIpc) is 1.66. The lowest BCUT2D eigenvalue weighted by atomic mass is 9.77. The third-order valence-electron chi connectivity index (χ3n) is 19.8. The maximum absolute atomic E-state index is 13.1. The van der Waals surface area contributed by atoms with Crippen LogP contribution in [-0.2, 0) is 67.4 Å². The normalized spacial score (nSPS) is 21.6. The standard InChI is InChI=1S/C29H29N3O5.C21H32N2O7.C14H22N4O5.C9H13N3O4.C8H14O4.CH4.2ClH/c1-36-23-14-12-22(13-15-23)29(20-8-4-2-5-9-20,21-10-6-3-7-11-21)31-26-16-17-32(28(35)30-26)27-18-24(34)25(19-33)37-27;1-12(2)14(9-18(25)30-21(4,5)6)19(26)28-11-16-15(24)10-17(29-16)23-8-7-13(3)22-20(23)27;1-7(2)12(16)13(20)22-6-9-8(19)5-11(23-9)18-4-3-10(15)17-14(18)21;10-7-1-2-12(9(15)11-7)8-3-5(14)6(4-13)16-8;1-5(2)6(8(10)11)4-7(9)12-3;;;/h2-17,24-25,27,33-34H,18-19H2,1H3,(H,30,31,35);7-8,12,14-17,24H,9-11H2,1-6H3;3-4,7-9,11-12,19H,5-6,16H2,1-2H3,(H2,15,17,21);1-2,5-6,8,13-14H,3-4H2,(H2,10,11,15);5-6H,4H2,1-3H3,(H,10,11);1H4;2*1H/t24-,25-,27-;14?,15-,16-,17-;8-,9-,11-,12?;5-,6-,8-;;;;/m0000..../s1. The molecule has 4 aliphatic rings. The first kappa shape index (κ1) is 103. The Hall–Kier alpha value is -10.1. The number of aryl methyl sites for hydroxylation is 1. The van der Waals surface area contributed by atoms with Crippen LogP contribution in [-0.4, -0.2) is 200 Å². The zero-order chi connectivity index (χ0) is 87.0. The number of carbonyl (C=O) groups is 5. The number of nitrogens with two attached hydrogens (primary N) is 2. The SMILES string of the molecule is C.CC(C)C([NH3+])C(=O)OC[C@@H]1O[C@H]([n+]2ccc(N)[nH]c2=O)C[C@@H]1O.COC(=O)CC(C(=O)O)C(C)C.COc1ccc(C(Nc2ccn([C@@H]3C[C@H](O)[C@H](CO)O3)c(=O)n2)(c2ccccc2)c2ccccc2)cc1.Cc1ccn([C@@H]2C[C@H](O)[C@H](COC(=O)C(CC(=O)OC(C)(C)C)C(C)C)O2)c(=O)n1.Nc1ccn([C@@H]2C[C@H](O)[C@H](CO)O2)c(=O)n1.[Cl-].[Cl-]. The maximum atomic E-state index is 13.1. The maximum Gasteiger partial charge on any atom is 0.499 e. The molecule has 4 aliphatic heterocycles. The Labute approximate surface area is 712 Å². The van der Waals surface area contributed by atoms with Crippen molar-refractivity contribution in [1.82, 2.24) is 33.6 Å². The molecule has 8 heterocycles. The Bertz CT molecular complexity index is 4630. The van der Waals surface area contributed by atoms with E-state index in [0.717, 1.165) is 22.4 Å². The Morgan fingerprint density at radius 3 is 1.47 bits per heavy atom. The minimum absolute atomic E-state index is 0. The van der Waals surface area contributed by atoms with Gasteiger partial charge in [0.1, 0.15) is 91.0 Å². The summed E-state index contributed by atoms with van der Waals surface area (Å²) in [5.41, 5.74) is 14.6. The fourth-order valence-corrected chi connectivity index (χ4v) is 12.9. The molecular weight excluding hydrogens is 1620 g/mol. The molecule has 11 rings (SSSR count). The van der Waals surface area contributed by atoms with Crippen molar-refractivity contribution in [2.45, 2.75) is 206 Å². The number of aromatic amines is 1. The first-order chi connectivity index (χ1) is 55.8. The monoisotopic (exact) mass is 1740 g/mol. The van der Waals surface area contributed by atoms with Crippen molar-refractivity contribution in [2.75, 3.05) is 57.4 Å². The molecule has 4 aromatic heterocycles. The summed E-state index contributed by atoms with van der Waals surface area (Å²) >= 11 is 0. The van der Waals surface area contributed by atoms with E-state index < -0.39 is 155 Å². The molecule has 0 spiro atoms. The third-order valence-corrected chi connectivity index (χ3v) is 19.8. The molecule has 4 saturated heterocycles. The first-order valence-electron chi connectivity index (χ1n) is 38.5. The predicted molar refractivity (Wildman–Crippen MR) is 430 cm³/mol. The second-order valence-corrected chi connectivity index (χ2v) is 30.6. The van der Waals surface area contributed by atoms with Crippen LogP contribution < -0.4 is 79.4 Å². The number of aliphatic hydroxyl groups is 6. The number of nitrogen functional groups attached to an aromatic ring is 2. The van der Waals surface area contributed by atoms with E-state index in [1.165, 1.54) is 49.9 Å². The number of aliphatic carboxylic acids is 1. The zero-order valence-electron chi connectivity index (χ0n) is 68.9. The van der Waals surface area contributed by atoms with Crippen LogP contribution in [0.25, 0.3) is 0 Å². The smallest absolute Gasteiger partial charge is 0.499 e. The number of carboxylic acid groups (broad SMARTS) is 1. The highest BCUT2D eigenvalue weighted by Crippen LogP contribution is 2.41. The molecule has 121 heavy (non-hydrogen) atoms. The van der Waals surface area contributed by atoms with Gasteiger partial charge in [-0.1, -0.05) is 122 Å². The minimum Gasteiger partial charge on any atom is -1.00 e. The predicted octanol–water partition coefficient (Wildman–Crippen LogP) is -3.24. The highest BCUT2D eigenvalue weighted by atomic mass is 35.5. The number of nitrogens with one attached hydrogen (secondary N) is 2. The van der Waals surface area contributed by atoms with E-state index in [1.54, 1.807) is 73.2 Å². The van der Waals surface area contributed by atoms with Crippen LogP contribution in [0, 0.1) is 36.5 Å². The molecule has 0 amide bonds. The van der Waals surface area contributed by atoms with Gasteiger partial charge in [0.2, 0.25) is 6.23 Å². The molecule has 16 N–H and O–H groups in total. The molecule has 668 valence electrons. The van der Waals surface area contributed by atoms with E-state index in [0.29, 0.717) is 11.5 Å². The molecule has 0 aliphatic carbocycles. The molecular formula is C82H116Cl2N12O25. The van der Waals surface area contributed by atoms with Gasteiger partial charge in [0.05, 0.1) is 76.5 Å². The van der Waals surface area contributed by atoms with Gasteiger partial charge in [-0.15, -0.1) is 0 Å². The number of H-pyrrole nitrogens is 1. The van der Waals surface area contributed by atoms with Crippen LogP contribution in [0.5, 0.6) is 5.75 Å². The summed E-state index contributed by atoms with van der Waals surface area (Å²) in [6.07, 6.45) is -2.03. The van der Waals surface area contributed by atoms with Gasteiger partial charge in [-0.2, -0.15) is 29.3 Å². The van der Waals surface area contributed by atoms with E-state index in [2.05, 4.69) is 35.7 Å². The molecule has 37 nitrogen and oxygen atoms in total. The van der Waals surface area contributed by atoms with Crippen molar-refractivity contribution in [3.63, 3.8) is 0 Å². The van der Waals surface area contributed by atoms with E-state index >= 15 is 0 Å². The summed E-state index contributed by atoms with van der Waals surface area (Å²) in [4.78, 5) is 120. The molecule has 39 heteroatoms. The van der Waals surface area contributed by atoms with Gasteiger partial charge in [-0.3, -0.25) is 32.9 Å². The highest BCUT2D eigenvalue weighted by molar-refractivity contribution is 5.80. The van der Waals surface area contributed by atoms with Crippen LogP contribution in [0.3, 0.4) is 0 Å². The number of quaternary nitrogens is 1. The molecule has 0 bridgehead atoms. The summed E-state index contributed by atoms with van der Waals surface area (Å²) in [5, 5.41) is 70.5. The Morgan fingerprint density at radius 2 is 1.03 bits per heavy atom. The molecule has 7 aromatic rings. The quantitative estimate of drug-likeness (QED) is 0.0110. The lowest BCUT2D eigenvalue weighted by molar-refractivity contribution is -0.773. The molecule has 15 atom stereocenters. The van der Waals surface area contributed by atoms with E-state index in [9.17, 15) is 68.7 Å². The number of nitrogens with zero attached hydrogens (tertiary/aromatic N) is 7. The van der Waals surface area contributed by atoms with Gasteiger partial charge in [0.15, 0.2) is 11.9 Å². The minimum atomic E-state index is -0.949. The number of ether oxygens (including phenoxy) is 9. The van der Waals surface area contributed by atoms with Crippen molar-refractivity contribution in [2.24, 2.45) is 29.6 Å². The largest absolute Gasteiger partial charge is 1.00 e. The van der Waals surface area contributed by atoms with Crippen molar-refractivity contribution in [3.05, 3.63) is 198 Å². The van der Waals surface area contributed by atoms with Gasteiger partial charge in [-0.25, -0.2) is 19.2 Å². The number of rotatable bonds is 26. The number of esters is 4. The van der Waals surface area contributed by atoms with Crippen LogP contribution in [0.2, 0.25) is 0 Å². The summed E-state index contributed by atoms with van der Waals surface area (Å²) in [5.74, 6) is -2.82. The summed E-state index contributed by atoms with van der Waals surface area (Å²) in [7, 11) is 2.88. The van der Waals surface area contributed by atoms with E-state index in [1.807, 2.05) is 113 Å². The number of benzene rings is 3. The van der Waals surface area contributed by atoms with Gasteiger partial charge in [0, 0.05) is 62.0 Å². The summed E-state index contributed by atoms with van der Waals surface area (Å²) < 4.78 is 53.1. The molecule has 3 unspecified atom stereocenters. The zero-order valence-corrected chi connectivity index (χ0v) is 70.4. The van der Waals surface area contributed by atoms with Crippen LogP contribution >= 0.6 is 0 Å². The van der Waals surface area contributed by atoms with Crippen LogP contribution in [0.4, 0.5) is 17.5 Å². The Balaban J connectivity index is 0.000000331. The lowest BCUT2D eigenvalue weighted by Gasteiger charge is -2.37. The van der Waals surface area contributed by atoms with Gasteiger partial charge >= 0.3 is 52.6 Å². The number of aliphatic hydroxyl groups excluding tert-OH is 6. The second-order valence-electron chi connectivity index (χ2n) is 30.6. The third kappa shape index (κ3) is 29.0. The topological polar surface area (TPSA) is 543 Å². The molecule has 0 saturated carbocycles. The van der Waals surface area contributed by atoms with Crippen LogP contribution in [0.15, 0.2) is 153 Å². The Kier molecular flexibility index (Phi) is 40.9. The molecule has 0 radical (unpaired) electrons. The average molecular weight is 1740 g/mol. The highest BCUT2D eigenvalue weighted by Gasteiger charge is 2.43. The van der Waals surface area contributed by atoms with E-state index in [4.69, 9.17) is 59.6 Å². The number of hydrogen-bond acceptors (Lipinski definition) is 30. The fourth-order valence-electron chi connectivity index (χ4n) is 12.9. The number of carbonyl (C=O) groups excluding carboxylic acids is 4. The van der Waals surface area contributed by atoms with Crippen molar-refractivity contribution in [3.8, 4) is 5.75 Å². The lowest BCUT2D eigenvalue weighted by Crippen LogP contribution is -3.00. The Morgan fingerprint density at radius 1 is 0.587 bits per heavy atom. The number of halogens is 2. The van der Waals surface area contributed by atoms with Gasteiger partial charge < -0.3 is 126 Å². The van der Waals surface area contributed by atoms with E-state index in [-0.39, 0.29) is 127 Å². The number of carboxylic acids is 1. The van der Waals surface area contributed by atoms with Crippen molar-refractivity contribution < 1.29 is 137 Å². The number of anilines is 3. The van der Waals surface area contributed by atoms with Crippen molar-refractivity contribution in [1.29, 1.82) is 0 Å². The number of methoxy groups -OCH3 is 2. The van der Waals surface area contributed by atoms with Crippen molar-refractivity contribution >= 4 is 47.3 Å². The fraction of sp³-hybridized carbons (Fsp3) is 0.524. The second kappa shape index (κ2) is 47.9. The van der Waals surface area contributed by atoms with Gasteiger partial charge in [0.25, 0.3) is 0 Å². The summed E-state index contributed by atoms with van der Waals surface area (Å²) in [6, 6.07) is 33.7. The molecule has 4 fully saturated rings. The number of aromatic nitrogens is 8. The van der Waals surface area contributed by atoms with Gasteiger partial charge in [-0.05, 0) is 86.6 Å². The molecule has 3 aromatic carbocycles. The first-order valence-corrected chi connectivity index (χ1v) is 38.5. The van der Waals surface area contributed by atoms with Crippen LogP contribution in [0.1, 0.15) is 156 Å².